The average Bonchev–Trinajstić information content (AvgIpc) is 2.98. The maximum absolute atomic E-state index is 5.77. The maximum atomic E-state index is 5.77. The van der Waals surface area contributed by atoms with Crippen molar-refractivity contribution < 1.29 is 14.2 Å². The van der Waals surface area contributed by atoms with E-state index in [2.05, 4.69) is 34.5 Å². The topological polar surface area (TPSA) is 43.0 Å². The van der Waals surface area contributed by atoms with Gasteiger partial charge in [0.15, 0.2) is 11.5 Å². The lowest BCUT2D eigenvalue weighted by Gasteiger charge is -2.32. The second kappa shape index (κ2) is 9.62. The molecule has 1 aliphatic heterocycles. The Balaban J connectivity index is 2.09. The van der Waals surface area contributed by atoms with Crippen LogP contribution in [0.25, 0.3) is 0 Å². The predicted octanol–water partition coefficient (Wildman–Crippen LogP) is 3.49. The zero-order valence-electron chi connectivity index (χ0n) is 16.5. The van der Waals surface area contributed by atoms with Crippen LogP contribution in [0.3, 0.4) is 0 Å². The lowest BCUT2D eigenvalue weighted by Crippen LogP contribution is -2.33. The van der Waals surface area contributed by atoms with E-state index >= 15 is 0 Å². The quantitative estimate of drug-likeness (QED) is 0.808. The number of nitrogens with zero attached hydrogens (tertiary/aromatic N) is 1. The van der Waals surface area contributed by atoms with Crippen molar-refractivity contribution in [1.82, 2.24) is 10.2 Å². The number of rotatable bonds is 7. The van der Waals surface area contributed by atoms with E-state index in [1.165, 1.54) is 5.56 Å². The van der Waals surface area contributed by atoms with E-state index in [0.29, 0.717) is 6.61 Å². The molecule has 0 aliphatic carbocycles. The zero-order chi connectivity index (χ0) is 19.1. The molecule has 2 aromatic rings. The van der Waals surface area contributed by atoms with E-state index in [4.69, 9.17) is 14.2 Å². The summed E-state index contributed by atoms with van der Waals surface area (Å²) >= 11 is 0. The van der Waals surface area contributed by atoms with Gasteiger partial charge >= 0.3 is 0 Å². The molecule has 146 valence electrons. The van der Waals surface area contributed by atoms with Crippen LogP contribution in [0.15, 0.2) is 42.5 Å². The second-order valence-corrected chi connectivity index (χ2v) is 6.63. The number of hydrogen-bond donors (Lipinski definition) is 1. The van der Waals surface area contributed by atoms with Crippen molar-refractivity contribution in [2.75, 3.05) is 47.0 Å². The third-order valence-corrected chi connectivity index (χ3v) is 4.95. The number of ether oxygens (including phenoxy) is 3. The Morgan fingerprint density at radius 3 is 2.67 bits per heavy atom. The molecule has 27 heavy (non-hydrogen) atoms. The molecule has 1 N–H and O–H groups in total. The molecule has 0 saturated carbocycles. The summed E-state index contributed by atoms with van der Waals surface area (Å²) in [6.45, 7) is 6.70. The minimum atomic E-state index is 0.0790. The van der Waals surface area contributed by atoms with Crippen LogP contribution in [-0.4, -0.2) is 51.9 Å². The fourth-order valence-electron chi connectivity index (χ4n) is 3.78. The van der Waals surface area contributed by atoms with Crippen LogP contribution in [0.5, 0.6) is 17.2 Å². The molecule has 5 nitrogen and oxygen atoms in total. The molecule has 0 radical (unpaired) electrons. The third kappa shape index (κ3) is 4.54. The highest BCUT2D eigenvalue weighted by molar-refractivity contribution is 5.51. The summed E-state index contributed by atoms with van der Waals surface area (Å²) in [5, 5.41) is 3.50. The van der Waals surface area contributed by atoms with Crippen molar-refractivity contribution in [2.24, 2.45) is 0 Å². The largest absolute Gasteiger partial charge is 0.494 e. The smallest absolute Gasteiger partial charge is 0.165 e. The molecule has 0 spiro atoms. The van der Waals surface area contributed by atoms with Gasteiger partial charge in [0.25, 0.3) is 0 Å². The number of hydrogen-bond acceptors (Lipinski definition) is 5. The first-order valence-corrected chi connectivity index (χ1v) is 9.67. The molecular weight excluding hydrogens is 340 g/mol. The molecule has 1 heterocycles. The molecule has 5 heteroatoms. The van der Waals surface area contributed by atoms with Gasteiger partial charge in [0, 0.05) is 25.2 Å². The Morgan fingerprint density at radius 1 is 1.04 bits per heavy atom. The van der Waals surface area contributed by atoms with E-state index in [1.54, 1.807) is 14.2 Å². The lowest BCUT2D eigenvalue weighted by molar-refractivity contribution is 0.234. The summed E-state index contributed by atoms with van der Waals surface area (Å²) in [5.74, 6) is 2.45. The molecule has 1 unspecified atom stereocenters. The first-order chi connectivity index (χ1) is 13.3. The zero-order valence-corrected chi connectivity index (χ0v) is 16.5. The summed E-state index contributed by atoms with van der Waals surface area (Å²) in [4.78, 5) is 2.52. The van der Waals surface area contributed by atoms with Gasteiger partial charge < -0.3 is 19.5 Å². The van der Waals surface area contributed by atoms with Gasteiger partial charge in [0.1, 0.15) is 5.75 Å². The van der Waals surface area contributed by atoms with Gasteiger partial charge in [-0.15, -0.1) is 0 Å². The minimum absolute atomic E-state index is 0.0790. The fourth-order valence-corrected chi connectivity index (χ4v) is 3.78. The normalized spacial score (nSPS) is 16.4. The molecule has 1 fully saturated rings. The monoisotopic (exact) mass is 370 g/mol. The summed E-state index contributed by atoms with van der Waals surface area (Å²) in [6.07, 6.45) is 1.12. The highest BCUT2D eigenvalue weighted by Crippen LogP contribution is 2.40. The molecule has 3 rings (SSSR count). The number of benzene rings is 2. The second-order valence-electron chi connectivity index (χ2n) is 6.63. The Bertz CT molecular complexity index is 727. The molecule has 1 saturated heterocycles. The SMILES string of the molecule is CCOc1cccc(C(c2cccc(OC)c2OC)N2CCCNCC2)c1. The highest BCUT2D eigenvalue weighted by Gasteiger charge is 2.27. The number of nitrogens with one attached hydrogen (secondary N) is 1. The van der Waals surface area contributed by atoms with Crippen LogP contribution >= 0.6 is 0 Å². The van der Waals surface area contributed by atoms with Crippen LogP contribution in [-0.2, 0) is 0 Å². The first-order valence-electron chi connectivity index (χ1n) is 9.67. The van der Waals surface area contributed by atoms with Crippen LogP contribution < -0.4 is 19.5 Å². The van der Waals surface area contributed by atoms with Gasteiger partial charge in [-0.1, -0.05) is 24.3 Å². The van der Waals surface area contributed by atoms with Gasteiger partial charge in [-0.3, -0.25) is 4.90 Å². The minimum Gasteiger partial charge on any atom is -0.494 e. The van der Waals surface area contributed by atoms with Crippen molar-refractivity contribution in [3.05, 3.63) is 53.6 Å². The molecule has 0 aromatic heterocycles. The van der Waals surface area contributed by atoms with Crippen LogP contribution in [0.4, 0.5) is 0 Å². The molecule has 0 amide bonds. The summed E-state index contributed by atoms with van der Waals surface area (Å²) in [6, 6.07) is 14.6. The Hall–Kier alpha value is -2.24. The molecule has 0 bridgehead atoms. The molecule has 1 aliphatic rings. The summed E-state index contributed by atoms with van der Waals surface area (Å²) in [5.41, 5.74) is 2.32. The molecular formula is C22H30N2O3. The fraction of sp³-hybridized carbons (Fsp3) is 0.455. The Labute approximate surface area is 162 Å². The van der Waals surface area contributed by atoms with E-state index in [1.807, 2.05) is 25.1 Å². The predicted molar refractivity (Wildman–Crippen MR) is 108 cm³/mol. The van der Waals surface area contributed by atoms with Crippen LogP contribution in [0.1, 0.15) is 30.5 Å². The lowest BCUT2D eigenvalue weighted by atomic mass is 9.95. The van der Waals surface area contributed by atoms with E-state index in [-0.39, 0.29) is 6.04 Å². The van der Waals surface area contributed by atoms with E-state index in [0.717, 1.165) is 55.4 Å². The van der Waals surface area contributed by atoms with Gasteiger partial charge in [-0.25, -0.2) is 0 Å². The van der Waals surface area contributed by atoms with Gasteiger partial charge in [0.05, 0.1) is 26.9 Å². The van der Waals surface area contributed by atoms with Crippen molar-refractivity contribution >= 4 is 0 Å². The number of methoxy groups -OCH3 is 2. The number of para-hydroxylation sites is 1. The first kappa shape index (κ1) is 19.5. The van der Waals surface area contributed by atoms with Crippen molar-refractivity contribution in [3.8, 4) is 17.2 Å². The summed E-state index contributed by atoms with van der Waals surface area (Å²) in [7, 11) is 3.39. The molecule has 1 atom stereocenters. The van der Waals surface area contributed by atoms with Gasteiger partial charge in [-0.2, -0.15) is 0 Å². The van der Waals surface area contributed by atoms with Gasteiger partial charge in [-0.05, 0) is 43.7 Å². The van der Waals surface area contributed by atoms with Crippen LogP contribution in [0, 0.1) is 0 Å². The standard InChI is InChI=1S/C22H30N2O3/c1-4-27-18-9-5-8-17(16-18)21(24-14-7-12-23-13-15-24)19-10-6-11-20(25-2)22(19)26-3/h5-6,8-11,16,21,23H,4,7,12-15H2,1-3H3. The van der Waals surface area contributed by atoms with Crippen molar-refractivity contribution in [2.45, 2.75) is 19.4 Å². The van der Waals surface area contributed by atoms with Crippen LogP contribution in [0.2, 0.25) is 0 Å². The third-order valence-electron chi connectivity index (χ3n) is 4.95. The maximum Gasteiger partial charge on any atom is 0.165 e. The molecule has 2 aromatic carbocycles. The van der Waals surface area contributed by atoms with Crippen molar-refractivity contribution in [3.63, 3.8) is 0 Å². The summed E-state index contributed by atoms with van der Waals surface area (Å²) < 4.78 is 17.1. The van der Waals surface area contributed by atoms with Gasteiger partial charge in [0.2, 0.25) is 0 Å². The van der Waals surface area contributed by atoms with E-state index < -0.39 is 0 Å². The Morgan fingerprint density at radius 2 is 1.89 bits per heavy atom. The van der Waals surface area contributed by atoms with Crippen molar-refractivity contribution in [1.29, 1.82) is 0 Å². The Kier molecular flexibility index (Phi) is 6.96. The highest BCUT2D eigenvalue weighted by atomic mass is 16.5. The average molecular weight is 370 g/mol. The van der Waals surface area contributed by atoms with E-state index in [9.17, 15) is 0 Å².